The van der Waals surface area contributed by atoms with Gasteiger partial charge in [-0.05, 0) is 25.8 Å². The van der Waals surface area contributed by atoms with Crippen molar-refractivity contribution in [2.45, 2.75) is 50.7 Å². The molecule has 1 rings (SSSR count). The molecule has 1 fully saturated rings. The maximum atomic E-state index is 11.9. The number of nitrogens with one attached hydrogen (secondary N) is 1. The van der Waals surface area contributed by atoms with Crippen molar-refractivity contribution in [3.05, 3.63) is 0 Å². The van der Waals surface area contributed by atoms with E-state index in [0.717, 1.165) is 32.4 Å². The smallest absolute Gasteiger partial charge is 0.389 e. The van der Waals surface area contributed by atoms with E-state index in [1.54, 1.807) is 0 Å². The molecule has 20 heavy (non-hydrogen) atoms. The van der Waals surface area contributed by atoms with Crippen LogP contribution >= 0.6 is 0 Å². The summed E-state index contributed by atoms with van der Waals surface area (Å²) in [5, 5.41) is 11.7. The molecule has 1 aliphatic rings. The summed E-state index contributed by atoms with van der Waals surface area (Å²) in [6.07, 6.45) is -1.96. The first-order valence-electron chi connectivity index (χ1n) is 7.11. The zero-order chi connectivity index (χ0) is 15.0. The number of alkyl halides is 3. The number of piperidine rings is 1. The van der Waals surface area contributed by atoms with Crippen LogP contribution in [0.25, 0.3) is 0 Å². The van der Waals surface area contributed by atoms with Crippen LogP contribution in [0.4, 0.5) is 13.2 Å². The van der Waals surface area contributed by atoms with Gasteiger partial charge in [-0.25, -0.2) is 0 Å². The van der Waals surface area contributed by atoms with E-state index >= 15 is 0 Å². The molecule has 118 valence electrons. The SMILES string of the molecule is O=C(CCC(F)(F)F)NCCCN1CCCC[C@@H]1CO. The maximum absolute atomic E-state index is 11.9. The summed E-state index contributed by atoms with van der Waals surface area (Å²) < 4.78 is 35.8. The van der Waals surface area contributed by atoms with Gasteiger partial charge in [0.05, 0.1) is 13.0 Å². The average Bonchev–Trinajstić information content (AvgIpc) is 2.41. The molecular formula is C13H23F3N2O2. The Balaban J connectivity index is 2.10. The number of carbonyl (C=O) groups excluding carboxylic acids is 1. The molecule has 0 aliphatic carbocycles. The van der Waals surface area contributed by atoms with Gasteiger partial charge < -0.3 is 10.4 Å². The lowest BCUT2D eigenvalue weighted by Gasteiger charge is -2.34. The molecule has 0 aromatic heterocycles. The summed E-state index contributed by atoms with van der Waals surface area (Å²) in [5.74, 6) is -0.556. The molecule has 0 aromatic carbocycles. The molecule has 1 atom stereocenters. The summed E-state index contributed by atoms with van der Waals surface area (Å²) >= 11 is 0. The second kappa shape index (κ2) is 8.46. The van der Waals surface area contributed by atoms with E-state index in [-0.39, 0.29) is 12.6 Å². The maximum Gasteiger partial charge on any atom is 0.389 e. The van der Waals surface area contributed by atoms with Crippen LogP contribution in [0.1, 0.15) is 38.5 Å². The lowest BCUT2D eigenvalue weighted by Crippen LogP contribution is -2.43. The Labute approximate surface area is 117 Å². The Kier molecular flexibility index (Phi) is 7.29. The number of likely N-dealkylation sites (tertiary alicyclic amines) is 1. The van der Waals surface area contributed by atoms with Gasteiger partial charge in [0.2, 0.25) is 5.91 Å². The van der Waals surface area contributed by atoms with Gasteiger partial charge in [-0.1, -0.05) is 6.42 Å². The predicted molar refractivity (Wildman–Crippen MR) is 69.2 cm³/mol. The zero-order valence-electron chi connectivity index (χ0n) is 11.6. The van der Waals surface area contributed by atoms with Gasteiger partial charge >= 0.3 is 6.18 Å². The molecule has 0 bridgehead atoms. The van der Waals surface area contributed by atoms with Crippen LogP contribution in [-0.4, -0.2) is 54.4 Å². The van der Waals surface area contributed by atoms with E-state index in [4.69, 9.17) is 0 Å². The molecule has 7 heteroatoms. The summed E-state index contributed by atoms with van der Waals surface area (Å²) in [5.41, 5.74) is 0. The Hall–Kier alpha value is -0.820. The molecule has 0 unspecified atom stereocenters. The van der Waals surface area contributed by atoms with Crippen molar-refractivity contribution in [2.24, 2.45) is 0 Å². The van der Waals surface area contributed by atoms with Gasteiger partial charge in [0.15, 0.2) is 0 Å². The fourth-order valence-corrected chi connectivity index (χ4v) is 2.41. The van der Waals surface area contributed by atoms with Gasteiger partial charge in [0.25, 0.3) is 0 Å². The van der Waals surface area contributed by atoms with Crippen LogP contribution < -0.4 is 5.32 Å². The van der Waals surface area contributed by atoms with Crippen molar-refractivity contribution >= 4 is 5.91 Å². The first-order valence-corrected chi connectivity index (χ1v) is 7.11. The molecule has 2 N–H and O–H groups in total. The lowest BCUT2D eigenvalue weighted by atomic mass is 10.0. The number of aliphatic hydroxyl groups excluding tert-OH is 1. The molecule has 0 saturated carbocycles. The second-order valence-corrected chi connectivity index (χ2v) is 5.19. The summed E-state index contributed by atoms with van der Waals surface area (Å²) in [6, 6.07) is 0.185. The summed E-state index contributed by atoms with van der Waals surface area (Å²) in [7, 11) is 0. The molecule has 1 heterocycles. The van der Waals surface area contributed by atoms with Gasteiger partial charge in [-0.2, -0.15) is 13.2 Å². The topological polar surface area (TPSA) is 52.6 Å². The minimum absolute atomic E-state index is 0.137. The normalized spacial score (nSPS) is 20.9. The third-order valence-electron chi connectivity index (χ3n) is 3.54. The highest BCUT2D eigenvalue weighted by Gasteiger charge is 2.27. The van der Waals surface area contributed by atoms with Crippen molar-refractivity contribution in [1.29, 1.82) is 0 Å². The van der Waals surface area contributed by atoms with Crippen molar-refractivity contribution in [1.82, 2.24) is 10.2 Å². The lowest BCUT2D eigenvalue weighted by molar-refractivity contribution is -0.144. The number of aliphatic hydroxyl groups is 1. The number of hydrogen-bond donors (Lipinski definition) is 2. The van der Waals surface area contributed by atoms with E-state index in [1.165, 1.54) is 0 Å². The monoisotopic (exact) mass is 296 g/mol. The van der Waals surface area contributed by atoms with E-state index < -0.39 is 24.9 Å². The first kappa shape index (κ1) is 17.2. The summed E-state index contributed by atoms with van der Waals surface area (Å²) in [6.45, 7) is 2.21. The number of carbonyl (C=O) groups is 1. The van der Waals surface area contributed by atoms with Crippen LogP contribution in [0.5, 0.6) is 0 Å². The zero-order valence-corrected chi connectivity index (χ0v) is 11.6. The Morgan fingerprint density at radius 1 is 1.35 bits per heavy atom. The molecule has 1 amide bonds. The highest BCUT2D eigenvalue weighted by molar-refractivity contribution is 5.75. The quantitative estimate of drug-likeness (QED) is 0.703. The highest BCUT2D eigenvalue weighted by atomic mass is 19.4. The van der Waals surface area contributed by atoms with Gasteiger partial charge in [-0.15, -0.1) is 0 Å². The standard InChI is InChI=1S/C13H23F3N2O2/c14-13(15,16)6-5-12(20)17-7-3-9-18-8-2-1-4-11(18)10-19/h11,19H,1-10H2,(H,17,20)/t11-/m1/s1. The van der Waals surface area contributed by atoms with Gasteiger partial charge in [0, 0.05) is 25.6 Å². The molecular weight excluding hydrogens is 273 g/mol. The van der Waals surface area contributed by atoms with Crippen LogP contribution in [0, 0.1) is 0 Å². The Morgan fingerprint density at radius 3 is 2.75 bits per heavy atom. The fourth-order valence-electron chi connectivity index (χ4n) is 2.41. The van der Waals surface area contributed by atoms with E-state index in [9.17, 15) is 23.1 Å². The van der Waals surface area contributed by atoms with Crippen LogP contribution in [0.15, 0.2) is 0 Å². The van der Waals surface area contributed by atoms with Gasteiger partial charge in [0.1, 0.15) is 0 Å². The largest absolute Gasteiger partial charge is 0.395 e. The number of rotatable bonds is 7. The number of amides is 1. The molecule has 0 spiro atoms. The van der Waals surface area contributed by atoms with Crippen molar-refractivity contribution < 1.29 is 23.1 Å². The first-order chi connectivity index (χ1) is 9.42. The van der Waals surface area contributed by atoms with Crippen LogP contribution in [0.3, 0.4) is 0 Å². The van der Waals surface area contributed by atoms with E-state index in [0.29, 0.717) is 13.0 Å². The number of hydrogen-bond acceptors (Lipinski definition) is 3. The molecule has 4 nitrogen and oxygen atoms in total. The van der Waals surface area contributed by atoms with Crippen molar-refractivity contribution in [3.63, 3.8) is 0 Å². The molecule has 1 saturated heterocycles. The summed E-state index contributed by atoms with van der Waals surface area (Å²) in [4.78, 5) is 13.4. The van der Waals surface area contributed by atoms with Gasteiger partial charge in [-0.3, -0.25) is 9.69 Å². The van der Waals surface area contributed by atoms with Crippen LogP contribution in [0.2, 0.25) is 0 Å². The van der Waals surface area contributed by atoms with Crippen LogP contribution in [-0.2, 0) is 4.79 Å². The third-order valence-corrected chi connectivity index (χ3v) is 3.54. The van der Waals surface area contributed by atoms with E-state index in [2.05, 4.69) is 10.2 Å². The molecule has 1 aliphatic heterocycles. The molecule has 0 radical (unpaired) electrons. The number of nitrogens with zero attached hydrogens (tertiary/aromatic N) is 1. The Bertz CT molecular complexity index is 298. The Morgan fingerprint density at radius 2 is 2.10 bits per heavy atom. The number of halogens is 3. The van der Waals surface area contributed by atoms with E-state index in [1.807, 2.05) is 0 Å². The minimum atomic E-state index is -4.28. The fraction of sp³-hybridized carbons (Fsp3) is 0.923. The minimum Gasteiger partial charge on any atom is -0.395 e. The average molecular weight is 296 g/mol. The van der Waals surface area contributed by atoms with Crippen molar-refractivity contribution in [2.75, 3.05) is 26.2 Å². The molecule has 0 aromatic rings. The third kappa shape index (κ3) is 7.09. The predicted octanol–water partition coefficient (Wildman–Crippen LogP) is 1.68. The highest BCUT2D eigenvalue weighted by Crippen LogP contribution is 2.21. The van der Waals surface area contributed by atoms with Crippen molar-refractivity contribution in [3.8, 4) is 0 Å². The second-order valence-electron chi connectivity index (χ2n) is 5.19.